The number of hydrogen-bond donors (Lipinski definition) is 2. The summed E-state index contributed by atoms with van der Waals surface area (Å²) in [6, 6.07) is 16.0. The number of nitrogens with one attached hydrogen (secondary N) is 1. The van der Waals surface area contributed by atoms with Crippen LogP contribution in [0.25, 0.3) is 0 Å². The van der Waals surface area contributed by atoms with Gasteiger partial charge in [0.15, 0.2) is 0 Å². The number of benzene rings is 2. The van der Waals surface area contributed by atoms with E-state index in [0.29, 0.717) is 5.69 Å². The van der Waals surface area contributed by atoms with Gasteiger partial charge in [0.05, 0.1) is 16.5 Å². The first-order valence-electron chi connectivity index (χ1n) is 6.43. The number of carboxylic acids is 1. The van der Waals surface area contributed by atoms with E-state index in [4.69, 9.17) is 5.11 Å². The average molecular weight is 301 g/mol. The molecule has 0 aliphatic carbocycles. The molecular formula is C16H15NO3S. The van der Waals surface area contributed by atoms with Crippen molar-refractivity contribution >= 4 is 29.3 Å². The third-order valence-corrected chi connectivity index (χ3v) is 3.95. The molecule has 21 heavy (non-hydrogen) atoms. The number of amides is 1. The van der Waals surface area contributed by atoms with E-state index in [1.807, 2.05) is 30.3 Å². The topological polar surface area (TPSA) is 66.4 Å². The second-order valence-electron chi connectivity index (χ2n) is 4.41. The minimum atomic E-state index is -1.06. The predicted octanol–water partition coefficient (Wildman–Crippen LogP) is 3.50. The summed E-state index contributed by atoms with van der Waals surface area (Å²) in [7, 11) is 0. The highest BCUT2D eigenvalue weighted by Gasteiger charge is 2.17. The highest BCUT2D eigenvalue weighted by Crippen LogP contribution is 2.24. The normalized spacial score (nSPS) is 11.7. The molecule has 108 valence electrons. The number of carbonyl (C=O) groups excluding carboxylic acids is 1. The quantitative estimate of drug-likeness (QED) is 0.829. The lowest BCUT2D eigenvalue weighted by atomic mass is 10.2. The second-order valence-corrected chi connectivity index (χ2v) is 5.83. The van der Waals surface area contributed by atoms with E-state index >= 15 is 0 Å². The van der Waals surface area contributed by atoms with Crippen LogP contribution < -0.4 is 5.32 Å². The van der Waals surface area contributed by atoms with Gasteiger partial charge in [0, 0.05) is 4.90 Å². The van der Waals surface area contributed by atoms with Gasteiger partial charge in [0.1, 0.15) is 0 Å². The summed E-state index contributed by atoms with van der Waals surface area (Å²) in [6.45, 7) is 1.79. The Bertz CT molecular complexity index is 643. The van der Waals surface area contributed by atoms with Gasteiger partial charge in [0.2, 0.25) is 5.91 Å². The van der Waals surface area contributed by atoms with Gasteiger partial charge < -0.3 is 10.4 Å². The third kappa shape index (κ3) is 4.10. The SMILES string of the molecule is CC(Sc1ccccc1)C(=O)Nc1ccccc1C(=O)O. The van der Waals surface area contributed by atoms with Gasteiger partial charge in [-0.1, -0.05) is 30.3 Å². The van der Waals surface area contributed by atoms with Crippen LogP contribution in [0, 0.1) is 0 Å². The van der Waals surface area contributed by atoms with Crippen molar-refractivity contribution in [2.45, 2.75) is 17.1 Å². The predicted molar refractivity (Wildman–Crippen MR) is 83.8 cm³/mol. The highest BCUT2D eigenvalue weighted by molar-refractivity contribution is 8.00. The summed E-state index contributed by atoms with van der Waals surface area (Å²) in [5.74, 6) is -1.29. The molecule has 0 spiro atoms. The fourth-order valence-corrected chi connectivity index (χ4v) is 2.66. The molecule has 0 aliphatic heterocycles. The molecule has 4 nitrogen and oxygen atoms in total. The number of carbonyl (C=O) groups is 2. The van der Waals surface area contributed by atoms with E-state index in [1.165, 1.54) is 17.8 Å². The van der Waals surface area contributed by atoms with Crippen molar-refractivity contribution in [3.05, 3.63) is 60.2 Å². The van der Waals surface area contributed by atoms with Crippen molar-refractivity contribution in [2.75, 3.05) is 5.32 Å². The van der Waals surface area contributed by atoms with Crippen LogP contribution in [0.3, 0.4) is 0 Å². The van der Waals surface area contributed by atoms with E-state index in [1.54, 1.807) is 25.1 Å². The zero-order valence-corrected chi connectivity index (χ0v) is 12.3. The highest BCUT2D eigenvalue weighted by atomic mass is 32.2. The Balaban J connectivity index is 2.06. The van der Waals surface area contributed by atoms with Crippen molar-refractivity contribution < 1.29 is 14.7 Å². The second kappa shape index (κ2) is 6.95. The van der Waals surface area contributed by atoms with Crippen LogP contribution in [-0.2, 0) is 4.79 Å². The van der Waals surface area contributed by atoms with Crippen LogP contribution >= 0.6 is 11.8 Å². The van der Waals surface area contributed by atoms with Gasteiger partial charge in [-0.15, -0.1) is 11.8 Å². The number of carboxylic acid groups (broad SMARTS) is 1. The number of thioether (sulfide) groups is 1. The molecule has 0 heterocycles. The van der Waals surface area contributed by atoms with Crippen LogP contribution in [-0.4, -0.2) is 22.2 Å². The lowest BCUT2D eigenvalue weighted by Gasteiger charge is -2.13. The van der Waals surface area contributed by atoms with Gasteiger partial charge in [0.25, 0.3) is 0 Å². The summed E-state index contributed by atoms with van der Waals surface area (Å²) in [4.78, 5) is 24.3. The smallest absolute Gasteiger partial charge is 0.337 e. The maximum atomic E-state index is 12.2. The average Bonchev–Trinajstić information content (AvgIpc) is 2.48. The molecule has 0 fully saturated rings. The van der Waals surface area contributed by atoms with Crippen molar-refractivity contribution in [1.29, 1.82) is 0 Å². The molecule has 1 amide bonds. The molecule has 0 bridgehead atoms. The Morgan fingerprint density at radius 2 is 1.67 bits per heavy atom. The number of para-hydroxylation sites is 1. The van der Waals surface area contributed by atoms with Gasteiger partial charge in [-0.3, -0.25) is 4.79 Å². The Kier molecular flexibility index (Phi) is 5.00. The number of rotatable bonds is 5. The first-order valence-corrected chi connectivity index (χ1v) is 7.31. The summed E-state index contributed by atoms with van der Waals surface area (Å²) < 4.78 is 0. The summed E-state index contributed by atoms with van der Waals surface area (Å²) in [5.41, 5.74) is 0.401. The van der Waals surface area contributed by atoms with E-state index in [-0.39, 0.29) is 16.7 Å². The maximum absolute atomic E-state index is 12.2. The fraction of sp³-hybridized carbons (Fsp3) is 0.125. The molecule has 0 aromatic heterocycles. The standard InChI is InChI=1S/C16H15NO3S/c1-11(21-12-7-3-2-4-8-12)15(18)17-14-10-6-5-9-13(14)16(19)20/h2-11H,1H3,(H,17,18)(H,19,20). The zero-order chi connectivity index (χ0) is 15.2. The molecule has 2 N–H and O–H groups in total. The molecule has 0 radical (unpaired) electrons. The lowest BCUT2D eigenvalue weighted by Crippen LogP contribution is -2.23. The molecule has 5 heteroatoms. The van der Waals surface area contributed by atoms with Crippen LogP contribution in [0.5, 0.6) is 0 Å². The molecule has 0 aliphatic rings. The monoisotopic (exact) mass is 301 g/mol. The van der Waals surface area contributed by atoms with Crippen molar-refractivity contribution in [1.82, 2.24) is 0 Å². The minimum absolute atomic E-state index is 0.0859. The third-order valence-electron chi connectivity index (χ3n) is 2.84. The Morgan fingerprint density at radius 1 is 1.05 bits per heavy atom. The van der Waals surface area contributed by atoms with Crippen molar-refractivity contribution in [2.24, 2.45) is 0 Å². The van der Waals surface area contributed by atoms with Crippen LogP contribution in [0.1, 0.15) is 17.3 Å². The minimum Gasteiger partial charge on any atom is -0.478 e. The Morgan fingerprint density at radius 3 is 2.33 bits per heavy atom. The number of hydrogen-bond acceptors (Lipinski definition) is 3. The largest absolute Gasteiger partial charge is 0.478 e. The summed E-state index contributed by atoms with van der Waals surface area (Å²) in [5, 5.41) is 11.4. The van der Waals surface area contributed by atoms with Gasteiger partial charge in [-0.25, -0.2) is 4.79 Å². The van der Waals surface area contributed by atoms with E-state index in [0.717, 1.165) is 4.90 Å². The van der Waals surface area contributed by atoms with Crippen molar-refractivity contribution in [3.8, 4) is 0 Å². The molecule has 1 unspecified atom stereocenters. The molecule has 2 rings (SSSR count). The summed E-state index contributed by atoms with van der Waals surface area (Å²) >= 11 is 1.43. The number of aromatic carboxylic acids is 1. The Hall–Kier alpha value is -2.27. The maximum Gasteiger partial charge on any atom is 0.337 e. The Labute approximate surface area is 127 Å². The molecule has 2 aromatic carbocycles. The van der Waals surface area contributed by atoms with Crippen LogP contribution in [0.2, 0.25) is 0 Å². The molecular weight excluding hydrogens is 286 g/mol. The lowest BCUT2D eigenvalue weighted by molar-refractivity contribution is -0.115. The van der Waals surface area contributed by atoms with Crippen molar-refractivity contribution in [3.63, 3.8) is 0 Å². The van der Waals surface area contributed by atoms with Gasteiger partial charge >= 0.3 is 5.97 Å². The van der Waals surface area contributed by atoms with E-state index < -0.39 is 5.97 Å². The molecule has 0 saturated heterocycles. The van der Waals surface area contributed by atoms with Gasteiger partial charge in [-0.2, -0.15) is 0 Å². The van der Waals surface area contributed by atoms with Gasteiger partial charge in [-0.05, 0) is 31.2 Å². The van der Waals surface area contributed by atoms with E-state index in [2.05, 4.69) is 5.32 Å². The fourth-order valence-electron chi connectivity index (χ4n) is 1.77. The molecule has 0 saturated carbocycles. The molecule has 1 atom stereocenters. The summed E-state index contributed by atoms with van der Waals surface area (Å²) in [6.07, 6.45) is 0. The zero-order valence-electron chi connectivity index (χ0n) is 11.4. The first kappa shape index (κ1) is 15.1. The van der Waals surface area contributed by atoms with Crippen LogP contribution in [0.4, 0.5) is 5.69 Å². The molecule has 2 aromatic rings. The first-order chi connectivity index (χ1) is 10.1. The van der Waals surface area contributed by atoms with Crippen LogP contribution in [0.15, 0.2) is 59.5 Å². The van der Waals surface area contributed by atoms with E-state index in [9.17, 15) is 9.59 Å². The number of anilines is 1.